The maximum absolute atomic E-state index is 10.3. The summed E-state index contributed by atoms with van der Waals surface area (Å²) in [5.41, 5.74) is 0. The van der Waals surface area contributed by atoms with Crippen molar-refractivity contribution < 1.29 is 10.2 Å². The molecule has 0 aromatic heterocycles. The number of piperidine rings is 2. The summed E-state index contributed by atoms with van der Waals surface area (Å²) >= 11 is 0. The van der Waals surface area contributed by atoms with E-state index in [1.165, 1.54) is 103 Å². The molecule has 0 aromatic rings. The van der Waals surface area contributed by atoms with Crippen LogP contribution < -0.4 is 0 Å². The van der Waals surface area contributed by atoms with E-state index in [-0.39, 0.29) is 12.2 Å². The van der Waals surface area contributed by atoms with Crippen LogP contribution in [-0.4, -0.2) is 70.5 Å². The Bertz CT molecular complexity index is 416. The lowest BCUT2D eigenvalue weighted by molar-refractivity contribution is -0.00116. The molecule has 2 heterocycles. The molecule has 0 aromatic carbocycles. The molecule has 2 saturated carbocycles. The molecule has 4 aliphatic rings. The highest BCUT2D eigenvalue weighted by Crippen LogP contribution is 2.33. The first kappa shape index (κ1) is 21.1. The second kappa shape index (κ2) is 10.2. The normalized spacial score (nSPS) is 37.9. The van der Waals surface area contributed by atoms with Gasteiger partial charge in [-0.3, -0.25) is 9.80 Å². The van der Waals surface area contributed by atoms with Crippen molar-refractivity contribution in [2.45, 2.75) is 114 Å². The SMILES string of the molecule is OC1CCCCC1N1CCC(CCC2CCN(C3CCCCC3O)CC2)CC1. The molecule has 0 amide bonds. The Kier molecular flexibility index (Phi) is 7.71. The minimum absolute atomic E-state index is 0.0711. The molecular formula is C24H44N2O2. The zero-order chi connectivity index (χ0) is 19.3. The van der Waals surface area contributed by atoms with E-state index in [0.717, 1.165) is 24.7 Å². The third-order valence-corrected chi connectivity index (χ3v) is 8.61. The molecular weight excluding hydrogens is 348 g/mol. The predicted molar refractivity (Wildman–Crippen MR) is 114 cm³/mol. The first-order valence-corrected chi connectivity index (χ1v) is 12.5. The first-order valence-electron chi connectivity index (χ1n) is 12.5. The summed E-state index contributed by atoms with van der Waals surface area (Å²) in [6.07, 6.45) is 17.5. The van der Waals surface area contributed by atoms with Crippen molar-refractivity contribution in [1.82, 2.24) is 9.80 Å². The molecule has 2 aliphatic carbocycles. The molecule has 0 bridgehead atoms. The molecule has 4 rings (SSSR count). The number of likely N-dealkylation sites (tertiary alicyclic amines) is 2. The maximum atomic E-state index is 10.3. The molecule has 28 heavy (non-hydrogen) atoms. The quantitative estimate of drug-likeness (QED) is 0.747. The second-order valence-electron chi connectivity index (χ2n) is 10.4. The van der Waals surface area contributed by atoms with Gasteiger partial charge < -0.3 is 10.2 Å². The Morgan fingerprint density at radius 3 is 1.21 bits per heavy atom. The van der Waals surface area contributed by atoms with Gasteiger partial charge in [-0.2, -0.15) is 0 Å². The van der Waals surface area contributed by atoms with E-state index >= 15 is 0 Å². The highest BCUT2D eigenvalue weighted by molar-refractivity contribution is 4.88. The van der Waals surface area contributed by atoms with Gasteiger partial charge in [0, 0.05) is 12.1 Å². The summed E-state index contributed by atoms with van der Waals surface area (Å²) in [7, 11) is 0. The van der Waals surface area contributed by atoms with Gasteiger partial charge in [0.25, 0.3) is 0 Å². The van der Waals surface area contributed by atoms with E-state index in [1.807, 2.05) is 0 Å². The topological polar surface area (TPSA) is 46.9 Å². The van der Waals surface area contributed by atoms with Crippen molar-refractivity contribution >= 4 is 0 Å². The van der Waals surface area contributed by atoms with Crippen LogP contribution in [0.2, 0.25) is 0 Å². The number of aliphatic hydroxyl groups excluding tert-OH is 2. The highest BCUT2D eigenvalue weighted by Gasteiger charge is 2.33. The molecule has 4 fully saturated rings. The summed E-state index contributed by atoms with van der Waals surface area (Å²) < 4.78 is 0. The van der Waals surface area contributed by atoms with E-state index in [9.17, 15) is 10.2 Å². The summed E-state index contributed by atoms with van der Waals surface area (Å²) in [6, 6.07) is 0.906. The largest absolute Gasteiger partial charge is 0.391 e. The molecule has 162 valence electrons. The van der Waals surface area contributed by atoms with Crippen LogP contribution in [0, 0.1) is 11.8 Å². The van der Waals surface area contributed by atoms with E-state index in [0.29, 0.717) is 12.1 Å². The van der Waals surface area contributed by atoms with Crippen molar-refractivity contribution in [3.8, 4) is 0 Å². The Balaban J connectivity index is 1.13. The van der Waals surface area contributed by atoms with Crippen molar-refractivity contribution in [2.75, 3.05) is 26.2 Å². The lowest BCUT2D eigenvalue weighted by Crippen LogP contribution is -2.49. The average Bonchev–Trinajstić information content (AvgIpc) is 2.74. The lowest BCUT2D eigenvalue weighted by Gasteiger charge is -2.43. The lowest BCUT2D eigenvalue weighted by atomic mass is 9.83. The van der Waals surface area contributed by atoms with Crippen LogP contribution in [0.1, 0.15) is 89.9 Å². The fraction of sp³-hybridized carbons (Fsp3) is 1.00. The fourth-order valence-electron chi connectivity index (χ4n) is 6.65. The maximum Gasteiger partial charge on any atom is 0.0695 e. The number of aliphatic hydroxyl groups is 2. The van der Waals surface area contributed by atoms with Crippen LogP contribution in [0.15, 0.2) is 0 Å². The predicted octanol–water partition coefficient (Wildman–Crippen LogP) is 3.80. The van der Waals surface area contributed by atoms with Gasteiger partial charge in [-0.1, -0.05) is 38.5 Å². The average molecular weight is 393 g/mol. The minimum Gasteiger partial charge on any atom is -0.391 e. The van der Waals surface area contributed by atoms with E-state index in [1.54, 1.807) is 0 Å². The zero-order valence-corrected chi connectivity index (χ0v) is 18.0. The highest BCUT2D eigenvalue weighted by atomic mass is 16.3. The van der Waals surface area contributed by atoms with Crippen molar-refractivity contribution in [1.29, 1.82) is 0 Å². The standard InChI is InChI=1S/C24H44N2O2/c27-23-7-3-1-5-21(23)25-15-11-19(12-16-25)9-10-20-13-17-26(18-14-20)22-6-2-4-8-24(22)28/h19-24,27-28H,1-18H2. The van der Waals surface area contributed by atoms with Crippen LogP contribution in [0.4, 0.5) is 0 Å². The van der Waals surface area contributed by atoms with Crippen LogP contribution in [0.3, 0.4) is 0 Å². The van der Waals surface area contributed by atoms with Crippen molar-refractivity contribution in [2.24, 2.45) is 11.8 Å². The Hall–Kier alpha value is -0.160. The summed E-state index contributed by atoms with van der Waals surface area (Å²) in [4.78, 5) is 5.21. The van der Waals surface area contributed by atoms with E-state index < -0.39 is 0 Å². The summed E-state index contributed by atoms with van der Waals surface area (Å²) in [5.74, 6) is 1.82. The monoisotopic (exact) mass is 392 g/mol. The van der Waals surface area contributed by atoms with Crippen LogP contribution in [0.5, 0.6) is 0 Å². The van der Waals surface area contributed by atoms with Crippen LogP contribution in [-0.2, 0) is 0 Å². The Morgan fingerprint density at radius 1 is 0.500 bits per heavy atom. The van der Waals surface area contributed by atoms with E-state index in [4.69, 9.17) is 0 Å². The van der Waals surface area contributed by atoms with Gasteiger partial charge in [-0.05, 0) is 89.4 Å². The van der Waals surface area contributed by atoms with Gasteiger partial charge in [0.1, 0.15) is 0 Å². The fourth-order valence-corrected chi connectivity index (χ4v) is 6.65. The van der Waals surface area contributed by atoms with Gasteiger partial charge in [0.2, 0.25) is 0 Å². The molecule has 4 nitrogen and oxygen atoms in total. The van der Waals surface area contributed by atoms with Crippen LogP contribution >= 0.6 is 0 Å². The molecule has 4 heteroatoms. The first-order chi connectivity index (χ1) is 13.7. The van der Waals surface area contributed by atoms with Crippen molar-refractivity contribution in [3.05, 3.63) is 0 Å². The van der Waals surface area contributed by atoms with Gasteiger partial charge in [-0.15, -0.1) is 0 Å². The third-order valence-electron chi connectivity index (χ3n) is 8.61. The summed E-state index contributed by atoms with van der Waals surface area (Å²) in [6.45, 7) is 4.85. The minimum atomic E-state index is -0.0711. The van der Waals surface area contributed by atoms with Gasteiger partial charge >= 0.3 is 0 Å². The third kappa shape index (κ3) is 5.30. The smallest absolute Gasteiger partial charge is 0.0695 e. The molecule has 2 N–H and O–H groups in total. The van der Waals surface area contributed by atoms with Gasteiger partial charge in [-0.25, -0.2) is 0 Å². The number of hydrogen-bond acceptors (Lipinski definition) is 4. The molecule has 4 atom stereocenters. The zero-order valence-electron chi connectivity index (χ0n) is 18.0. The molecule has 2 saturated heterocycles. The van der Waals surface area contributed by atoms with Crippen molar-refractivity contribution in [3.63, 3.8) is 0 Å². The molecule has 0 spiro atoms. The number of nitrogens with zero attached hydrogens (tertiary/aromatic N) is 2. The van der Waals surface area contributed by atoms with E-state index in [2.05, 4.69) is 9.80 Å². The second-order valence-corrected chi connectivity index (χ2v) is 10.4. The van der Waals surface area contributed by atoms with Crippen LogP contribution in [0.25, 0.3) is 0 Å². The Morgan fingerprint density at radius 2 is 0.857 bits per heavy atom. The summed E-state index contributed by atoms with van der Waals surface area (Å²) in [5, 5.41) is 20.7. The molecule has 4 unspecified atom stereocenters. The van der Waals surface area contributed by atoms with Gasteiger partial charge in [0.05, 0.1) is 12.2 Å². The van der Waals surface area contributed by atoms with Gasteiger partial charge in [0.15, 0.2) is 0 Å². The number of rotatable bonds is 5. The Labute approximate surface area is 172 Å². The molecule has 2 aliphatic heterocycles. The number of hydrogen-bond donors (Lipinski definition) is 2. The molecule has 0 radical (unpaired) electrons.